The average Bonchev–Trinajstić information content (AvgIpc) is 3.63. The van der Waals surface area contributed by atoms with E-state index < -0.39 is 0 Å². The summed E-state index contributed by atoms with van der Waals surface area (Å²) >= 11 is 6.72. The zero-order valence-corrected chi connectivity index (χ0v) is 22.2. The van der Waals surface area contributed by atoms with Crippen LogP contribution in [0.4, 0.5) is 5.95 Å². The van der Waals surface area contributed by atoms with Gasteiger partial charge in [-0.2, -0.15) is 0 Å². The number of carbonyl (C=O) groups is 2. The van der Waals surface area contributed by atoms with E-state index in [9.17, 15) is 9.59 Å². The Balaban J connectivity index is 1.38. The number of aromatic nitrogens is 4. The molecular weight excluding hydrogens is 596 g/mol. The summed E-state index contributed by atoms with van der Waals surface area (Å²) in [5.74, 6) is 0.183. The number of amides is 2. The van der Waals surface area contributed by atoms with E-state index in [4.69, 9.17) is 11.5 Å². The van der Waals surface area contributed by atoms with Crippen molar-refractivity contribution in [1.82, 2.24) is 30.9 Å². The van der Waals surface area contributed by atoms with Gasteiger partial charge < -0.3 is 25.9 Å². The van der Waals surface area contributed by atoms with E-state index in [1.165, 1.54) is 0 Å². The van der Waals surface area contributed by atoms with E-state index in [0.29, 0.717) is 30.4 Å². The van der Waals surface area contributed by atoms with Gasteiger partial charge in [0.05, 0.1) is 18.3 Å². The highest BCUT2D eigenvalue weighted by molar-refractivity contribution is 9.10. The number of aromatic amines is 4. The molecule has 5 atom stereocenters. The van der Waals surface area contributed by atoms with Gasteiger partial charge in [-0.1, -0.05) is 0 Å². The van der Waals surface area contributed by atoms with E-state index in [0.717, 1.165) is 20.3 Å². The molecule has 13 N–H and O–H groups in total. The lowest BCUT2D eigenvalue weighted by atomic mass is 9.54. The van der Waals surface area contributed by atoms with Crippen LogP contribution in [0, 0.1) is 17.8 Å². The molecule has 1 aliphatic heterocycles. The van der Waals surface area contributed by atoms with Crippen LogP contribution in [0.15, 0.2) is 51.6 Å². The number of quaternary nitrogens is 1. The van der Waals surface area contributed by atoms with Gasteiger partial charge in [-0.05, 0) is 55.8 Å². The van der Waals surface area contributed by atoms with Crippen molar-refractivity contribution in [3.05, 3.63) is 68.6 Å². The number of imidazole rings is 1. The quantitative estimate of drug-likeness (QED) is 0.165. The maximum atomic E-state index is 12.8. The zero-order chi connectivity index (χ0) is 25.4. The molecule has 3 aromatic rings. The molecule has 0 spiro atoms. The Morgan fingerprint density at radius 1 is 1.00 bits per heavy atom. The number of H-pyrrole nitrogens is 4. The van der Waals surface area contributed by atoms with Crippen molar-refractivity contribution in [2.24, 2.45) is 23.5 Å². The van der Waals surface area contributed by atoms with Crippen molar-refractivity contribution >= 4 is 49.6 Å². The van der Waals surface area contributed by atoms with Crippen LogP contribution >= 0.6 is 31.9 Å². The summed E-state index contributed by atoms with van der Waals surface area (Å²) < 4.78 is 1.60. The number of halogens is 2. The molecule has 2 amide bonds. The van der Waals surface area contributed by atoms with Crippen molar-refractivity contribution in [2.75, 3.05) is 18.8 Å². The molecule has 0 bridgehead atoms. The van der Waals surface area contributed by atoms with Crippen molar-refractivity contribution in [3.63, 3.8) is 0 Å². The summed E-state index contributed by atoms with van der Waals surface area (Å²) in [5, 5.41) is 11.2. The summed E-state index contributed by atoms with van der Waals surface area (Å²) in [5.41, 5.74) is 15.0. The highest BCUT2D eigenvalue weighted by Gasteiger charge is 2.56. The molecule has 5 rings (SSSR count). The van der Waals surface area contributed by atoms with Crippen molar-refractivity contribution in [1.29, 1.82) is 0 Å². The predicted molar refractivity (Wildman–Crippen MR) is 138 cm³/mol. The number of hydrogen-bond acceptors (Lipinski definition) is 5. The summed E-state index contributed by atoms with van der Waals surface area (Å²) in [6.07, 6.45) is 6.95. The van der Waals surface area contributed by atoms with E-state index in [2.05, 4.69) is 67.7 Å². The third-order valence-corrected chi connectivity index (χ3v) is 7.78. The molecule has 12 nitrogen and oxygen atoms in total. The van der Waals surface area contributed by atoms with Crippen molar-refractivity contribution in [3.8, 4) is 0 Å². The predicted octanol–water partition coefficient (Wildman–Crippen LogP) is -0.352. The lowest BCUT2D eigenvalue weighted by molar-refractivity contribution is -0.645. The van der Waals surface area contributed by atoms with Gasteiger partial charge in [-0.3, -0.25) is 26.4 Å². The van der Waals surface area contributed by atoms with Gasteiger partial charge in [0.15, 0.2) is 0 Å². The Bertz CT molecular complexity index is 1300. The molecule has 1 unspecified atom stereocenters. The Labute approximate surface area is 223 Å². The summed E-state index contributed by atoms with van der Waals surface area (Å²) in [6, 6.07) is 3.46. The fourth-order valence-corrected chi connectivity index (χ4v) is 5.92. The summed E-state index contributed by atoms with van der Waals surface area (Å²) in [7, 11) is 0. The fourth-order valence-electron chi connectivity index (χ4n) is 5.23. The second-order valence-electron chi connectivity index (χ2n) is 9.05. The first kappa shape index (κ1) is 24.6. The number of allylic oxidation sites excluding steroid dienone is 1. The minimum absolute atomic E-state index is 0.0189. The minimum Gasteiger partial charge on any atom is -0.356 e. The van der Waals surface area contributed by atoms with E-state index in [-0.39, 0.29) is 41.8 Å². The molecule has 4 heterocycles. The molecule has 14 heteroatoms. The first-order valence-electron chi connectivity index (χ1n) is 11.5. The number of rotatable bonds is 8. The van der Waals surface area contributed by atoms with Crippen LogP contribution < -0.4 is 37.7 Å². The van der Waals surface area contributed by atoms with Crippen LogP contribution in [-0.2, 0) is 0 Å². The first-order chi connectivity index (χ1) is 17.3. The molecule has 190 valence electrons. The topological polar surface area (TPSA) is 200 Å². The largest absolute Gasteiger partial charge is 0.356 e. The molecule has 1 saturated carbocycles. The Morgan fingerprint density at radius 3 is 2.03 bits per heavy atom. The molecule has 36 heavy (non-hydrogen) atoms. The smallest absolute Gasteiger partial charge is 0.350 e. The number of carbonyl (C=O) groups excluding carboxylic acids is 2. The maximum Gasteiger partial charge on any atom is 0.350 e. The standard InChI is InChI=1S/C22H26Br2N10O2/c23-9-1-13(27-3-9)19(35)29-5-11-12(6-30-20(36)14-2-10(24)4-28-14)18(16-8-32-22(26)34-16)17(11)15-7-31-21(25)33-15/h1-4,7-8,11-12,17-18,21,27-28,31,33H,5-6,25H2,(H,29,35)(H,30,36)(H3,26,32,34)/p+2/t11-,12-,17-,18-,21?/m1/s1. The second kappa shape index (κ2) is 10.1. The van der Waals surface area contributed by atoms with Crippen LogP contribution in [0.2, 0.25) is 0 Å². The van der Waals surface area contributed by atoms with E-state index in [1.54, 1.807) is 24.5 Å². The van der Waals surface area contributed by atoms with E-state index >= 15 is 0 Å². The Hall–Kier alpha value is -3.07. The van der Waals surface area contributed by atoms with Gasteiger partial charge in [-0.15, -0.1) is 0 Å². The molecular formula is C22H28Br2N10O2+2. The van der Waals surface area contributed by atoms with Crippen LogP contribution in [0.1, 0.15) is 32.6 Å². The third-order valence-electron chi connectivity index (χ3n) is 6.86. The number of nitrogen functional groups attached to an aromatic ring is 1. The van der Waals surface area contributed by atoms with Gasteiger partial charge in [-0.25, -0.2) is 9.97 Å². The molecule has 0 radical (unpaired) electrons. The number of anilines is 1. The first-order valence-corrected chi connectivity index (χ1v) is 13.1. The fraction of sp³-hybridized carbons (Fsp3) is 0.318. The highest BCUT2D eigenvalue weighted by atomic mass is 79.9. The van der Waals surface area contributed by atoms with Gasteiger partial charge in [0.2, 0.25) is 6.29 Å². The Morgan fingerprint density at radius 2 is 1.58 bits per heavy atom. The van der Waals surface area contributed by atoms with E-state index in [1.807, 2.05) is 17.7 Å². The second-order valence-corrected chi connectivity index (χ2v) is 10.9. The SMILES string of the molecule is Nc1[nH]c([C@H]2[C@H](CNC(=O)c3cc(Br)c[nH]3)[C@@H](CNC(=O)c3cc(Br)c[nH]3)[C@@H]2C2=CNC(N)[NH2+]2)c[nH+]1. The summed E-state index contributed by atoms with van der Waals surface area (Å²) in [6.45, 7) is 0.836. The van der Waals surface area contributed by atoms with Crippen molar-refractivity contribution < 1.29 is 19.9 Å². The normalized spacial score (nSPS) is 25.1. The lowest BCUT2D eigenvalue weighted by Crippen LogP contribution is -2.92. The zero-order valence-electron chi connectivity index (χ0n) is 19.1. The molecule has 0 saturated heterocycles. The van der Waals surface area contributed by atoms with Crippen LogP contribution in [0.3, 0.4) is 0 Å². The maximum absolute atomic E-state index is 12.8. The van der Waals surface area contributed by atoms with Crippen LogP contribution in [0.25, 0.3) is 0 Å². The molecule has 1 aliphatic carbocycles. The van der Waals surface area contributed by atoms with Gasteiger partial charge in [0, 0.05) is 40.3 Å². The molecule has 3 aromatic heterocycles. The number of nitrogens with two attached hydrogens (primary N) is 3. The molecule has 0 aromatic carbocycles. The third kappa shape index (κ3) is 4.93. The lowest BCUT2D eigenvalue weighted by Gasteiger charge is -2.50. The van der Waals surface area contributed by atoms with Crippen LogP contribution in [0.5, 0.6) is 0 Å². The molecule has 2 aliphatic rings. The van der Waals surface area contributed by atoms with Crippen molar-refractivity contribution in [2.45, 2.75) is 12.2 Å². The summed E-state index contributed by atoms with van der Waals surface area (Å²) in [4.78, 5) is 37.7. The van der Waals surface area contributed by atoms with Gasteiger partial charge in [0.25, 0.3) is 11.8 Å². The van der Waals surface area contributed by atoms with Crippen LogP contribution in [-0.4, -0.2) is 46.1 Å². The monoisotopic (exact) mass is 622 g/mol. The van der Waals surface area contributed by atoms with Gasteiger partial charge >= 0.3 is 5.95 Å². The highest BCUT2D eigenvalue weighted by Crippen LogP contribution is 2.53. The number of hydrogen-bond donors (Lipinski definition) is 9. The average molecular weight is 624 g/mol. The molecule has 1 fully saturated rings. The van der Waals surface area contributed by atoms with Gasteiger partial charge in [0.1, 0.15) is 22.8 Å². The Kier molecular flexibility index (Phi) is 6.92. The number of nitrogens with one attached hydrogen (secondary N) is 7. The minimum atomic E-state index is -0.266.